The minimum Gasteiger partial charge on any atom is -0.288 e. The van der Waals surface area contributed by atoms with Crippen molar-refractivity contribution >= 4 is 49.8 Å². The molecule has 0 bridgehead atoms. The number of carbonyl (C=O) groups excluding carboxylic acids is 1. The first kappa shape index (κ1) is 18.5. The van der Waals surface area contributed by atoms with Gasteiger partial charge in [0, 0.05) is 18.4 Å². The molecule has 1 aromatic heterocycles. The number of benzene rings is 1. The Bertz CT molecular complexity index is 769. The standard InChI is InChI=1S/C15H17NO3S4/c1-11-16-14(10-21-12(2)17)15(22-11)20-8-9-23(18,19)13-6-4-3-5-7-13/h3-7H,8-10H2,1-2H3. The predicted molar refractivity (Wildman–Crippen MR) is 98.0 cm³/mol. The zero-order valence-electron chi connectivity index (χ0n) is 12.8. The Hall–Kier alpha value is -0.830. The molecule has 0 aliphatic rings. The second kappa shape index (κ2) is 8.32. The van der Waals surface area contributed by atoms with Gasteiger partial charge >= 0.3 is 0 Å². The smallest absolute Gasteiger partial charge is 0.186 e. The Morgan fingerprint density at radius 1 is 1.26 bits per heavy atom. The van der Waals surface area contributed by atoms with Crippen molar-refractivity contribution in [2.45, 2.75) is 28.7 Å². The van der Waals surface area contributed by atoms with Crippen LogP contribution < -0.4 is 0 Å². The van der Waals surface area contributed by atoms with Crippen LogP contribution in [0.25, 0.3) is 0 Å². The maximum absolute atomic E-state index is 12.3. The lowest BCUT2D eigenvalue weighted by atomic mass is 10.4. The molecule has 0 fully saturated rings. The molecular weight excluding hydrogens is 370 g/mol. The first-order valence-corrected chi connectivity index (χ1v) is 11.3. The lowest BCUT2D eigenvalue weighted by Gasteiger charge is -2.04. The van der Waals surface area contributed by atoms with Gasteiger partial charge < -0.3 is 0 Å². The highest BCUT2D eigenvalue weighted by molar-refractivity contribution is 8.12. The topological polar surface area (TPSA) is 64.1 Å². The van der Waals surface area contributed by atoms with Crippen molar-refractivity contribution in [3.63, 3.8) is 0 Å². The normalized spacial score (nSPS) is 11.6. The second-order valence-corrected chi connectivity index (χ2v) is 10.6. The van der Waals surface area contributed by atoms with E-state index in [1.165, 1.54) is 30.4 Å². The van der Waals surface area contributed by atoms with Gasteiger partial charge in [-0.25, -0.2) is 13.4 Å². The first-order valence-electron chi connectivity index (χ1n) is 6.89. The molecule has 1 aromatic carbocycles. The Morgan fingerprint density at radius 3 is 2.61 bits per heavy atom. The maximum atomic E-state index is 12.3. The summed E-state index contributed by atoms with van der Waals surface area (Å²) in [5, 5.41) is 0.982. The van der Waals surface area contributed by atoms with E-state index in [9.17, 15) is 13.2 Å². The molecule has 124 valence electrons. The number of aryl methyl sites for hydroxylation is 1. The van der Waals surface area contributed by atoms with Gasteiger partial charge in [-0.05, 0) is 19.1 Å². The highest BCUT2D eigenvalue weighted by atomic mass is 32.2. The first-order chi connectivity index (χ1) is 10.9. The molecule has 0 N–H and O–H groups in total. The van der Waals surface area contributed by atoms with Crippen molar-refractivity contribution in [2.24, 2.45) is 0 Å². The van der Waals surface area contributed by atoms with Gasteiger partial charge in [0.1, 0.15) is 0 Å². The number of sulfone groups is 1. The summed E-state index contributed by atoms with van der Waals surface area (Å²) in [4.78, 5) is 15.9. The van der Waals surface area contributed by atoms with Crippen LogP contribution in [-0.2, 0) is 20.4 Å². The zero-order valence-corrected chi connectivity index (χ0v) is 16.1. The van der Waals surface area contributed by atoms with Gasteiger partial charge in [-0.3, -0.25) is 4.79 Å². The summed E-state index contributed by atoms with van der Waals surface area (Å²) < 4.78 is 25.5. The molecule has 1 heterocycles. The van der Waals surface area contributed by atoms with E-state index in [-0.39, 0.29) is 10.9 Å². The van der Waals surface area contributed by atoms with Gasteiger partial charge in [-0.1, -0.05) is 30.0 Å². The highest BCUT2D eigenvalue weighted by Crippen LogP contribution is 2.32. The molecule has 0 amide bonds. The minimum absolute atomic E-state index is 0.0539. The van der Waals surface area contributed by atoms with Crippen LogP contribution in [0.4, 0.5) is 0 Å². The lowest BCUT2D eigenvalue weighted by Crippen LogP contribution is -2.08. The Morgan fingerprint density at radius 2 is 1.96 bits per heavy atom. The molecule has 8 heteroatoms. The van der Waals surface area contributed by atoms with Crippen molar-refractivity contribution in [3.05, 3.63) is 41.0 Å². The number of thiazole rings is 1. The fraction of sp³-hybridized carbons (Fsp3) is 0.333. The number of carbonyl (C=O) groups is 1. The van der Waals surface area contributed by atoms with Gasteiger partial charge in [0.05, 0.1) is 25.6 Å². The van der Waals surface area contributed by atoms with Crippen molar-refractivity contribution in [3.8, 4) is 0 Å². The third kappa shape index (κ3) is 5.63. The molecule has 23 heavy (non-hydrogen) atoms. The fourth-order valence-corrected chi connectivity index (χ4v) is 6.54. The number of hydrogen-bond donors (Lipinski definition) is 0. The van der Waals surface area contributed by atoms with E-state index in [1.54, 1.807) is 41.7 Å². The average molecular weight is 388 g/mol. The molecule has 0 unspecified atom stereocenters. The summed E-state index contributed by atoms with van der Waals surface area (Å²) in [6.45, 7) is 3.44. The van der Waals surface area contributed by atoms with E-state index in [2.05, 4.69) is 4.98 Å². The molecule has 0 aliphatic heterocycles. The molecule has 0 spiro atoms. The van der Waals surface area contributed by atoms with E-state index in [0.29, 0.717) is 16.4 Å². The average Bonchev–Trinajstić information content (AvgIpc) is 2.86. The zero-order chi connectivity index (χ0) is 16.9. The maximum Gasteiger partial charge on any atom is 0.186 e. The Labute approximate surface area is 149 Å². The number of hydrogen-bond acceptors (Lipinski definition) is 7. The molecule has 2 aromatic rings. The summed E-state index contributed by atoms with van der Waals surface area (Å²) >= 11 is 4.26. The number of thioether (sulfide) groups is 2. The quantitative estimate of drug-likeness (QED) is 0.674. The van der Waals surface area contributed by atoms with Crippen molar-refractivity contribution in [1.29, 1.82) is 0 Å². The van der Waals surface area contributed by atoms with Crippen LogP contribution in [0, 0.1) is 6.92 Å². The third-order valence-electron chi connectivity index (χ3n) is 2.87. The van der Waals surface area contributed by atoms with Crippen LogP contribution in [-0.4, -0.2) is 30.0 Å². The van der Waals surface area contributed by atoms with E-state index in [1.807, 2.05) is 6.92 Å². The fourth-order valence-electron chi connectivity index (χ4n) is 1.82. The number of rotatable bonds is 7. The van der Waals surface area contributed by atoms with Crippen LogP contribution in [0.1, 0.15) is 17.6 Å². The largest absolute Gasteiger partial charge is 0.288 e. The molecule has 0 aliphatic carbocycles. The monoisotopic (exact) mass is 387 g/mol. The Balaban J connectivity index is 1.97. The third-order valence-corrected chi connectivity index (χ3v) is 8.00. The van der Waals surface area contributed by atoms with Crippen LogP contribution >= 0.6 is 34.9 Å². The van der Waals surface area contributed by atoms with Crippen molar-refractivity contribution in [1.82, 2.24) is 4.98 Å². The van der Waals surface area contributed by atoms with Crippen molar-refractivity contribution < 1.29 is 13.2 Å². The molecule has 0 atom stereocenters. The second-order valence-electron chi connectivity index (χ2n) is 4.73. The van der Waals surface area contributed by atoms with E-state index < -0.39 is 9.84 Å². The number of aromatic nitrogens is 1. The van der Waals surface area contributed by atoms with E-state index in [0.717, 1.165) is 14.9 Å². The van der Waals surface area contributed by atoms with E-state index in [4.69, 9.17) is 0 Å². The van der Waals surface area contributed by atoms with Crippen molar-refractivity contribution in [2.75, 3.05) is 11.5 Å². The van der Waals surface area contributed by atoms with Gasteiger partial charge in [-0.2, -0.15) is 0 Å². The van der Waals surface area contributed by atoms with Crippen LogP contribution in [0.5, 0.6) is 0 Å². The van der Waals surface area contributed by atoms with Gasteiger partial charge in [0.2, 0.25) is 0 Å². The van der Waals surface area contributed by atoms with Gasteiger partial charge in [0.15, 0.2) is 15.0 Å². The molecule has 0 saturated carbocycles. The lowest BCUT2D eigenvalue weighted by molar-refractivity contribution is -0.109. The molecule has 2 rings (SSSR count). The van der Waals surface area contributed by atoms with Gasteiger partial charge in [-0.15, -0.1) is 23.1 Å². The Kier molecular flexibility index (Phi) is 6.70. The van der Waals surface area contributed by atoms with Crippen LogP contribution in [0.15, 0.2) is 39.4 Å². The SMILES string of the molecule is CC(=O)SCc1nc(C)sc1SCCS(=O)(=O)c1ccccc1. The van der Waals surface area contributed by atoms with E-state index >= 15 is 0 Å². The summed E-state index contributed by atoms with van der Waals surface area (Å²) in [6, 6.07) is 8.48. The summed E-state index contributed by atoms with van der Waals surface area (Å²) in [5.41, 5.74) is 0.870. The molecular formula is C15H17NO3S4. The van der Waals surface area contributed by atoms with Gasteiger partial charge in [0.25, 0.3) is 0 Å². The molecule has 4 nitrogen and oxygen atoms in total. The molecule has 0 radical (unpaired) electrons. The molecule has 0 saturated heterocycles. The highest BCUT2D eigenvalue weighted by Gasteiger charge is 2.16. The summed E-state index contributed by atoms with van der Waals surface area (Å²) in [5.74, 6) is 1.09. The van der Waals surface area contributed by atoms with Crippen LogP contribution in [0.3, 0.4) is 0 Å². The number of nitrogens with zero attached hydrogens (tertiary/aromatic N) is 1. The minimum atomic E-state index is -3.26. The van der Waals surface area contributed by atoms with Crippen LogP contribution in [0.2, 0.25) is 0 Å². The summed E-state index contributed by atoms with van der Waals surface area (Å²) in [7, 11) is -3.26. The predicted octanol–water partition coefficient (Wildman–Crippen LogP) is 3.80. The summed E-state index contributed by atoms with van der Waals surface area (Å²) in [6.07, 6.45) is 0.